The Bertz CT molecular complexity index is 1040. The molecule has 2 aromatic rings. The van der Waals surface area contributed by atoms with Crippen LogP contribution < -0.4 is 10.6 Å². The fourth-order valence-electron chi connectivity index (χ4n) is 4.41. The van der Waals surface area contributed by atoms with Gasteiger partial charge in [-0.15, -0.1) is 0 Å². The van der Waals surface area contributed by atoms with E-state index < -0.39 is 0 Å². The van der Waals surface area contributed by atoms with E-state index in [2.05, 4.69) is 23.4 Å². The number of aliphatic hydroxyl groups is 1. The molecule has 3 N–H and O–H groups in total. The predicted molar refractivity (Wildman–Crippen MR) is 130 cm³/mol. The molecular weight excluding hydrogens is 418 g/mol. The summed E-state index contributed by atoms with van der Waals surface area (Å²) in [6.45, 7) is 8.28. The van der Waals surface area contributed by atoms with E-state index >= 15 is 0 Å². The Kier molecular flexibility index (Phi) is 6.95. The second kappa shape index (κ2) is 9.89. The third kappa shape index (κ3) is 5.02. The average molecular weight is 452 g/mol. The van der Waals surface area contributed by atoms with Crippen molar-refractivity contribution in [1.82, 2.24) is 14.9 Å². The van der Waals surface area contributed by atoms with Gasteiger partial charge in [-0.05, 0) is 49.1 Å². The molecule has 0 aromatic carbocycles. The van der Waals surface area contributed by atoms with Crippen LogP contribution in [0.5, 0.6) is 0 Å². The van der Waals surface area contributed by atoms with Gasteiger partial charge in [0.05, 0.1) is 36.7 Å². The lowest BCUT2D eigenvalue weighted by Crippen LogP contribution is -2.54. The van der Waals surface area contributed by atoms with Gasteiger partial charge < -0.3 is 25.4 Å². The largest absolute Gasteiger partial charge is 0.396 e. The first-order valence-electron chi connectivity index (χ1n) is 11.5. The summed E-state index contributed by atoms with van der Waals surface area (Å²) in [6, 6.07) is 5.97. The van der Waals surface area contributed by atoms with E-state index in [1.807, 2.05) is 23.1 Å². The molecule has 0 radical (unpaired) electrons. The van der Waals surface area contributed by atoms with Crippen LogP contribution in [0.25, 0.3) is 16.7 Å². The number of pyridine rings is 2. The summed E-state index contributed by atoms with van der Waals surface area (Å²) in [5.74, 6) is 1.34. The van der Waals surface area contributed by atoms with E-state index in [4.69, 9.17) is 15.5 Å². The fourth-order valence-corrected chi connectivity index (χ4v) is 4.41. The summed E-state index contributed by atoms with van der Waals surface area (Å²) in [6.07, 6.45) is 4.36. The van der Waals surface area contributed by atoms with Crippen molar-refractivity contribution in [2.75, 3.05) is 50.6 Å². The van der Waals surface area contributed by atoms with E-state index in [-0.39, 0.29) is 18.6 Å². The molecule has 0 unspecified atom stereocenters. The second-order valence-electron chi connectivity index (χ2n) is 8.92. The molecule has 3 heterocycles. The first kappa shape index (κ1) is 23.2. The highest BCUT2D eigenvalue weighted by Crippen LogP contribution is 2.45. The molecule has 2 aromatic heterocycles. The molecule has 2 fully saturated rings. The number of hydrogen-bond acceptors (Lipinski definition) is 7. The third-order valence-electron chi connectivity index (χ3n) is 6.42. The van der Waals surface area contributed by atoms with Crippen molar-refractivity contribution in [3.05, 3.63) is 42.4 Å². The monoisotopic (exact) mass is 451 g/mol. The Morgan fingerprint density at radius 1 is 1.33 bits per heavy atom. The van der Waals surface area contributed by atoms with Crippen LogP contribution in [0.15, 0.2) is 31.0 Å². The molecule has 8 heteroatoms. The van der Waals surface area contributed by atoms with Crippen molar-refractivity contribution in [3.8, 4) is 11.1 Å². The van der Waals surface area contributed by atoms with Crippen molar-refractivity contribution < 1.29 is 14.6 Å². The van der Waals surface area contributed by atoms with Crippen LogP contribution in [0.1, 0.15) is 43.5 Å². The van der Waals surface area contributed by atoms with Crippen LogP contribution in [0.2, 0.25) is 0 Å². The molecule has 176 valence electrons. The molecule has 4 rings (SSSR count). The van der Waals surface area contributed by atoms with E-state index in [1.54, 1.807) is 13.3 Å². The second-order valence-corrected chi connectivity index (χ2v) is 8.92. The number of aromatic nitrogens is 2. The Balaban J connectivity index is 1.60. The minimum absolute atomic E-state index is 0.0700. The Labute approximate surface area is 195 Å². The highest BCUT2D eigenvalue weighted by Gasteiger charge is 2.32. The molecule has 1 saturated heterocycles. The number of nitrogens with two attached hydrogens (primary N) is 1. The van der Waals surface area contributed by atoms with Crippen molar-refractivity contribution >= 4 is 23.0 Å². The topological polar surface area (TPSA) is 105 Å². The van der Waals surface area contributed by atoms with Crippen molar-refractivity contribution in [3.63, 3.8) is 0 Å². The summed E-state index contributed by atoms with van der Waals surface area (Å²) in [7, 11) is 1.61. The third-order valence-corrected chi connectivity index (χ3v) is 6.42. The van der Waals surface area contributed by atoms with Gasteiger partial charge in [-0.2, -0.15) is 0 Å². The zero-order valence-electron chi connectivity index (χ0n) is 19.5. The number of piperazine rings is 1. The lowest BCUT2D eigenvalue weighted by atomic mass is 9.99. The number of anilines is 2. The summed E-state index contributed by atoms with van der Waals surface area (Å²) in [5.41, 5.74) is 11.4. The molecule has 1 aliphatic heterocycles. The van der Waals surface area contributed by atoms with Gasteiger partial charge in [0.2, 0.25) is 5.91 Å². The molecule has 33 heavy (non-hydrogen) atoms. The van der Waals surface area contributed by atoms with E-state index in [0.29, 0.717) is 55.5 Å². The van der Waals surface area contributed by atoms with Gasteiger partial charge in [-0.25, -0.2) is 4.98 Å². The van der Waals surface area contributed by atoms with Crippen LogP contribution in [0.3, 0.4) is 0 Å². The minimum atomic E-state index is -0.136. The van der Waals surface area contributed by atoms with Crippen LogP contribution in [-0.4, -0.2) is 71.9 Å². The molecule has 1 aliphatic carbocycles. The van der Waals surface area contributed by atoms with Crippen molar-refractivity contribution in [1.29, 1.82) is 0 Å². The summed E-state index contributed by atoms with van der Waals surface area (Å²) >= 11 is 0. The van der Waals surface area contributed by atoms with Gasteiger partial charge in [-0.3, -0.25) is 9.78 Å². The zero-order chi connectivity index (χ0) is 23.5. The number of rotatable bonds is 8. The maximum atomic E-state index is 12.5. The highest BCUT2D eigenvalue weighted by atomic mass is 16.5. The lowest BCUT2D eigenvalue weighted by molar-refractivity contribution is -0.134. The number of methoxy groups -OCH3 is 1. The first-order valence-corrected chi connectivity index (χ1v) is 11.5. The Morgan fingerprint density at radius 2 is 2.12 bits per heavy atom. The number of amides is 1. The number of hydrogen-bond donors (Lipinski definition) is 2. The number of nitrogen functional groups attached to an aromatic ring is 1. The summed E-state index contributed by atoms with van der Waals surface area (Å²) in [5, 5.41) is 9.44. The minimum Gasteiger partial charge on any atom is -0.396 e. The van der Waals surface area contributed by atoms with Gasteiger partial charge in [0.15, 0.2) is 5.82 Å². The Morgan fingerprint density at radius 3 is 2.79 bits per heavy atom. The maximum Gasteiger partial charge on any atom is 0.225 e. The number of carbonyl (C=O) groups excluding carboxylic acids is 1. The number of carbonyl (C=O) groups is 1. The van der Waals surface area contributed by atoms with Gasteiger partial charge in [-0.1, -0.05) is 6.58 Å². The maximum absolute atomic E-state index is 12.5. The highest BCUT2D eigenvalue weighted by molar-refractivity contribution is 5.79. The summed E-state index contributed by atoms with van der Waals surface area (Å²) in [4.78, 5) is 26.0. The quantitative estimate of drug-likeness (QED) is 0.636. The van der Waals surface area contributed by atoms with E-state index in [1.165, 1.54) is 0 Å². The molecule has 1 atom stereocenters. The molecule has 2 aliphatic rings. The standard InChI is InChI=1S/C25H33N5O3/c1-16(15-31)22-12-19(6-8-27-22)20-13-21(26)25(28-24(20)18-4-5-18)29-9-10-30(17(2)14-29)23(32)7-11-33-3/h6,8,12-13,17-18,31H,1,4-5,7,9-11,14-15,26H2,2-3H3/t17-/m1/s1. The van der Waals surface area contributed by atoms with Crippen LogP contribution in [0.4, 0.5) is 11.5 Å². The van der Waals surface area contributed by atoms with Crippen LogP contribution in [0, 0.1) is 0 Å². The lowest BCUT2D eigenvalue weighted by Gasteiger charge is -2.41. The molecule has 0 bridgehead atoms. The van der Waals surface area contributed by atoms with Crippen LogP contribution >= 0.6 is 0 Å². The van der Waals surface area contributed by atoms with Crippen molar-refractivity contribution in [2.24, 2.45) is 0 Å². The number of nitrogens with zero attached hydrogens (tertiary/aromatic N) is 4. The normalized spacial score (nSPS) is 18.5. The Hall–Kier alpha value is -2.97. The smallest absolute Gasteiger partial charge is 0.225 e. The predicted octanol–water partition coefficient (Wildman–Crippen LogP) is 2.68. The van der Waals surface area contributed by atoms with Gasteiger partial charge in [0.1, 0.15) is 0 Å². The summed E-state index contributed by atoms with van der Waals surface area (Å²) < 4.78 is 5.06. The van der Waals surface area contributed by atoms with E-state index in [9.17, 15) is 9.90 Å². The molecule has 8 nitrogen and oxygen atoms in total. The molecular formula is C25H33N5O3. The molecule has 1 amide bonds. The SMILES string of the molecule is C=C(CO)c1cc(-c2cc(N)c(N3CCN(C(=O)CCOC)[C@H](C)C3)nc2C2CC2)ccn1. The number of ether oxygens (including phenoxy) is 1. The first-order chi connectivity index (χ1) is 15.9. The van der Waals surface area contributed by atoms with E-state index in [0.717, 1.165) is 35.5 Å². The van der Waals surface area contributed by atoms with Gasteiger partial charge in [0, 0.05) is 50.5 Å². The van der Waals surface area contributed by atoms with Gasteiger partial charge >= 0.3 is 0 Å². The molecule has 1 saturated carbocycles. The van der Waals surface area contributed by atoms with Gasteiger partial charge in [0.25, 0.3) is 0 Å². The fraction of sp³-hybridized carbons (Fsp3) is 0.480. The number of aliphatic hydroxyl groups excluding tert-OH is 1. The van der Waals surface area contributed by atoms with Crippen LogP contribution in [-0.2, 0) is 9.53 Å². The molecule has 0 spiro atoms. The zero-order valence-corrected chi connectivity index (χ0v) is 19.5. The average Bonchev–Trinajstić information content (AvgIpc) is 3.67. The van der Waals surface area contributed by atoms with Crippen molar-refractivity contribution in [2.45, 2.75) is 38.1 Å².